The Bertz CT molecular complexity index is 573. The van der Waals surface area contributed by atoms with Crippen molar-refractivity contribution in [2.75, 3.05) is 7.05 Å². The summed E-state index contributed by atoms with van der Waals surface area (Å²) in [5, 5.41) is 6.79. The summed E-state index contributed by atoms with van der Waals surface area (Å²) in [5.41, 5.74) is 1.86. The largest absolute Gasteiger partial charge is 0.419 e. The van der Waals surface area contributed by atoms with Crippen LogP contribution in [0.1, 0.15) is 16.7 Å². The zero-order chi connectivity index (χ0) is 14.0. The van der Waals surface area contributed by atoms with Gasteiger partial charge in [-0.25, -0.2) is 4.68 Å². The van der Waals surface area contributed by atoms with Gasteiger partial charge in [-0.15, -0.1) is 0 Å². The van der Waals surface area contributed by atoms with E-state index in [1.165, 1.54) is 4.68 Å². The van der Waals surface area contributed by atoms with Gasteiger partial charge in [0.05, 0.1) is 17.4 Å². The summed E-state index contributed by atoms with van der Waals surface area (Å²) in [7, 11) is 1.79. The predicted molar refractivity (Wildman–Crippen MR) is 66.1 cm³/mol. The maximum atomic E-state index is 12.6. The topological polar surface area (TPSA) is 29.9 Å². The molecule has 0 saturated carbocycles. The van der Waals surface area contributed by atoms with Crippen LogP contribution in [0, 0.1) is 6.92 Å². The van der Waals surface area contributed by atoms with Crippen LogP contribution in [0.4, 0.5) is 13.2 Å². The van der Waals surface area contributed by atoms with Crippen LogP contribution in [0.25, 0.3) is 5.69 Å². The van der Waals surface area contributed by atoms with E-state index in [9.17, 15) is 13.2 Å². The van der Waals surface area contributed by atoms with E-state index in [4.69, 9.17) is 0 Å². The molecule has 6 heteroatoms. The molecule has 1 aromatic carbocycles. The van der Waals surface area contributed by atoms with Gasteiger partial charge in [0, 0.05) is 12.7 Å². The highest BCUT2D eigenvalue weighted by atomic mass is 19.4. The molecule has 0 aliphatic carbocycles. The summed E-state index contributed by atoms with van der Waals surface area (Å²) >= 11 is 0. The molecule has 0 bridgehead atoms. The number of alkyl halides is 3. The number of hydrogen-bond donors (Lipinski definition) is 1. The second-order valence-corrected chi connectivity index (χ2v) is 4.33. The van der Waals surface area contributed by atoms with Gasteiger partial charge in [0.15, 0.2) is 0 Å². The molecule has 0 atom stereocenters. The van der Waals surface area contributed by atoms with E-state index in [-0.39, 0.29) is 0 Å². The van der Waals surface area contributed by atoms with E-state index in [0.717, 1.165) is 23.5 Å². The van der Waals surface area contributed by atoms with Crippen LogP contribution < -0.4 is 5.32 Å². The molecule has 3 nitrogen and oxygen atoms in total. The van der Waals surface area contributed by atoms with Crippen molar-refractivity contribution in [3.8, 4) is 5.69 Å². The molecule has 0 saturated heterocycles. The molecule has 1 N–H and O–H groups in total. The average Bonchev–Trinajstić information content (AvgIpc) is 2.78. The van der Waals surface area contributed by atoms with Gasteiger partial charge >= 0.3 is 6.18 Å². The molecule has 0 aliphatic heterocycles. The number of aryl methyl sites for hydroxylation is 1. The first-order valence-electron chi connectivity index (χ1n) is 5.78. The highest BCUT2D eigenvalue weighted by molar-refractivity contribution is 5.43. The van der Waals surface area contributed by atoms with E-state index < -0.39 is 11.7 Å². The van der Waals surface area contributed by atoms with Crippen molar-refractivity contribution >= 4 is 0 Å². The van der Waals surface area contributed by atoms with Gasteiger partial charge < -0.3 is 5.32 Å². The second-order valence-electron chi connectivity index (χ2n) is 4.33. The van der Waals surface area contributed by atoms with Gasteiger partial charge in [0.2, 0.25) is 0 Å². The first kappa shape index (κ1) is 13.6. The molecule has 0 fully saturated rings. The van der Waals surface area contributed by atoms with Crippen LogP contribution in [0.3, 0.4) is 0 Å². The maximum Gasteiger partial charge on any atom is 0.419 e. The van der Waals surface area contributed by atoms with Crippen molar-refractivity contribution in [3.63, 3.8) is 0 Å². The summed E-state index contributed by atoms with van der Waals surface area (Å²) in [4.78, 5) is 0. The molecule has 0 aliphatic rings. The number of benzene rings is 1. The molecule has 2 rings (SSSR count). The molecule has 0 spiro atoms. The lowest BCUT2D eigenvalue weighted by molar-refractivity contribution is -0.137. The third-order valence-corrected chi connectivity index (χ3v) is 2.76. The molecule has 0 amide bonds. The van der Waals surface area contributed by atoms with Crippen molar-refractivity contribution in [2.24, 2.45) is 0 Å². The van der Waals surface area contributed by atoms with Gasteiger partial charge in [-0.2, -0.15) is 18.3 Å². The zero-order valence-corrected chi connectivity index (χ0v) is 10.6. The van der Waals surface area contributed by atoms with E-state index in [1.54, 1.807) is 13.1 Å². The van der Waals surface area contributed by atoms with Crippen LogP contribution >= 0.6 is 0 Å². The van der Waals surface area contributed by atoms with Gasteiger partial charge in [0.25, 0.3) is 0 Å². The molecule has 1 aromatic heterocycles. The van der Waals surface area contributed by atoms with Crippen LogP contribution in [-0.4, -0.2) is 16.8 Å². The predicted octanol–water partition coefficient (Wildman–Crippen LogP) is 2.92. The SMILES string of the molecule is CNCc1cc(C)ccc1-n1cc(C(F)(F)F)cn1. The molecule has 0 radical (unpaired) electrons. The zero-order valence-electron chi connectivity index (χ0n) is 10.6. The number of hydrogen-bond acceptors (Lipinski definition) is 2. The van der Waals surface area contributed by atoms with Crippen LogP contribution in [0.5, 0.6) is 0 Å². The number of nitrogens with one attached hydrogen (secondary N) is 1. The fraction of sp³-hybridized carbons (Fsp3) is 0.308. The molecule has 102 valence electrons. The van der Waals surface area contributed by atoms with E-state index in [0.29, 0.717) is 12.2 Å². The summed E-state index contributed by atoms with van der Waals surface area (Å²) in [5.74, 6) is 0. The minimum Gasteiger partial charge on any atom is -0.316 e. The Kier molecular flexibility index (Phi) is 3.61. The van der Waals surface area contributed by atoms with Gasteiger partial charge in [-0.05, 0) is 25.6 Å². The summed E-state index contributed by atoms with van der Waals surface area (Å²) in [6.07, 6.45) is -2.53. The monoisotopic (exact) mass is 269 g/mol. The van der Waals surface area contributed by atoms with Crippen LogP contribution in [0.15, 0.2) is 30.6 Å². The first-order chi connectivity index (χ1) is 8.91. The average molecular weight is 269 g/mol. The lowest BCUT2D eigenvalue weighted by atomic mass is 10.1. The van der Waals surface area contributed by atoms with Crippen molar-refractivity contribution in [3.05, 3.63) is 47.3 Å². The Morgan fingerprint density at radius 1 is 1.32 bits per heavy atom. The highest BCUT2D eigenvalue weighted by Crippen LogP contribution is 2.29. The Labute approximate surface area is 109 Å². The lowest BCUT2D eigenvalue weighted by Gasteiger charge is -2.10. The van der Waals surface area contributed by atoms with E-state index in [1.807, 2.05) is 19.1 Å². The summed E-state index contributed by atoms with van der Waals surface area (Å²) in [6.45, 7) is 2.51. The molecular weight excluding hydrogens is 255 g/mol. The number of halogens is 3. The Balaban J connectivity index is 2.44. The number of nitrogens with zero attached hydrogens (tertiary/aromatic N) is 2. The first-order valence-corrected chi connectivity index (χ1v) is 5.78. The highest BCUT2D eigenvalue weighted by Gasteiger charge is 2.32. The Morgan fingerprint density at radius 2 is 2.05 bits per heavy atom. The van der Waals surface area contributed by atoms with Gasteiger partial charge in [0.1, 0.15) is 0 Å². The van der Waals surface area contributed by atoms with E-state index >= 15 is 0 Å². The van der Waals surface area contributed by atoms with Crippen LogP contribution in [-0.2, 0) is 12.7 Å². The minimum absolute atomic E-state index is 0.568. The molecule has 1 heterocycles. The standard InChI is InChI=1S/C13H14F3N3/c1-9-3-4-12(10(5-9)6-17-2)19-8-11(7-18-19)13(14,15)16/h3-5,7-8,17H,6H2,1-2H3. The van der Waals surface area contributed by atoms with Crippen molar-refractivity contribution in [1.82, 2.24) is 15.1 Å². The smallest absolute Gasteiger partial charge is 0.316 e. The molecular formula is C13H14F3N3. The fourth-order valence-electron chi connectivity index (χ4n) is 1.87. The maximum absolute atomic E-state index is 12.6. The quantitative estimate of drug-likeness (QED) is 0.928. The van der Waals surface area contributed by atoms with Crippen LogP contribution in [0.2, 0.25) is 0 Å². The van der Waals surface area contributed by atoms with Crippen molar-refractivity contribution in [2.45, 2.75) is 19.6 Å². The number of aromatic nitrogens is 2. The number of rotatable bonds is 3. The van der Waals surface area contributed by atoms with E-state index in [2.05, 4.69) is 10.4 Å². The normalized spacial score (nSPS) is 11.8. The Morgan fingerprint density at radius 3 is 2.63 bits per heavy atom. The third kappa shape index (κ3) is 2.96. The third-order valence-electron chi connectivity index (χ3n) is 2.76. The Hall–Kier alpha value is -1.82. The van der Waals surface area contributed by atoms with Crippen molar-refractivity contribution < 1.29 is 13.2 Å². The molecule has 19 heavy (non-hydrogen) atoms. The summed E-state index contributed by atoms with van der Waals surface area (Å²) < 4.78 is 39.0. The van der Waals surface area contributed by atoms with Gasteiger partial charge in [-0.3, -0.25) is 0 Å². The minimum atomic E-state index is -4.37. The lowest BCUT2D eigenvalue weighted by Crippen LogP contribution is -2.10. The summed E-state index contributed by atoms with van der Waals surface area (Å²) in [6, 6.07) is 5.55. The second kappa shape index (κ2) is 5.05. The fourth-order valence-corrected chi connectivity index (χ4v) is 1.87. The van der Waals surface area contributed by atoms with Crippen molar-refractivity contribution in [1.29, 1.82) is 0 Å². The molecule has 2 aromatic rings. The molecule has 0 unspecified atom stereocenters. The van der Waals surface area contributed by atoms with Gasteiger partial charge in [-0.1, -0.05) is 17.7 Å².